The molecule has 1 aromatic rings. The highest BCUT2D eigenvalue weighted by Gasteiger charge is 2.16. The number of benzene rings is 1. The highest BCUT2D eigenvalue weighted by atomic mass is 16.5. The second kappa shape index (κ2) is 4.00. The lowest BCUT2D eigenvalue weighted by molar-refractivity contribution is 0.112. The van der Waals surface area contributed by atoms with Gasteiger partial charge in [-0.3, -0.25) is 4.79 Å². The number of hydrogen-bond donors (Lipinski definition) is 2. The normalized spacial score (nSPS) is 9.86. The van der Waals surface area contributed by atoms with Crippen LogP contribution in [-0.2, 0) is 6.42 Å². The number of phenols is 2. The van der Waals surface area contributed by atoms with Crippen LogP contribution in [0.3, 0.4) is 0 Å². The molecule has 0 saturated carbocycles. The third-order valence-corrected chi connectivity index (χ3v) is 2.05. The molecule has 0 amide bonds. The van der Waals surface area contributed by atoms with Gasteiger partial charge in [0.15, 0.2) is 17.8 Å². The zero-order chi connectivity index (χ0) is 10.7. The Bertz CT molecular complexity index is 358. The molecule has 0 heterocycles. The highest BCUT2D eigenvalue weighted by Crippen LogP contribution is 2.40. The largest absolute Gasteiger partial charge is 0.504 e. The van der Waals surface area contributed by atoms with Crippen molar-refractivity contribution in [1.29, 1.82) is 0 Å². The molecule has 0 fully saturated rings. The van der Waals surface area contributed by atoms with Crippen molar-refractivity contribution in [2.24, 2.45) is 0 Å². The monoisotopic (exact) mass is 196 g/mol. The van der Waals surface area contributed by atoms with Crippen molar-refractivity contribution in [3.05, 3.63) is 17.2 Å². The Balaban J connectivity index is 3.46. The Hall–Kier alpha value is -1.71. The van der Waals surface area contributed by atoms with Gasteiger partial charge in [0, 0.05) is 0 Å². The van der Waals surface area contributed by atoms with Gasteiger partial charge in [0.25, 0.3) is 0 Å². The molecule has 0 unspecified atom stereocenters. The van der Waals surface area contributed by atoms with Crippen LogP contribution in [0.1, 0.15) is 22.8 Å². The number of aldehydes is 1. The third kappa shape index (κ3) is 1.51. The summed E-state index contributed by atoms with van der Waals surface area (Å²) in [5, 5.41) is 19.1. The van der Waals surface area contributed by atoms with E-state index in [4.69, 9.17) is 4.74 Å². The average Bonchev–Trinajstić information content (AvgIpc) is 2.19. The zero-order valence-corrected chi connectivity index (χ0v) is 8.07. The molecule has 0 bridgehead atoms. The van der Waals surface area contributed by atoms with Crippen molar-refractivity contribution in [3.8, 4) is 17.2 Å². The molecule has 0 aliphatic heterocycles. The summed E-state index contributed by atoms with van der Waals surface area (Å²) in [6.45, 7) is 1.83. The molecule has 0 aliphatic rings. The maximum absolute atomic E-state index is 10.6. The van der Waals surface area contributed by atoms with Crippen LogP contribution < -0.4 is 4.74 Å². The number of aromatic hydroxyl groups is 2. The minimum Gasteiger partial charge on any atom is -0.504 e. The van der Waals surface area contributed by atoms with Crippen LogP contribution in [0.4, 0.5) is 0 Å². The molecule has 4 heteroatoms. The van der Waals surface area contributed by atoms with Gasteiger partial charge in [0.2, 0.25) is 5.75 Å². The Morgan fingerprint density at radius 2 is 2.07 bits per heavy atom. The second-order valence-corrected chi connectivity index (χ2v) is 2.83. The summed E-state index contributed by atoms with van der Waals surface area (Å²) in [5.41, 5.74) is 0.693. The van der Waals surface area contributed by atoms with Gasteiger partial charge >= 0.3 is 0 Å². The lowest BCUT2D eigenvalue weighted by Crippen LogP contribution is -1.93. The van der Waals surface area contributed by atoms with E-state index in [9.17, 15) is 15.0 Å². The maximum Gasteiger partial charge on any atom is 0.203 e. The van der Waals surface area contributed by atoms with Gasteiger partial charge in [-0.25, -0.2) is 0 Å². The van der Waals surface area contributed by atoms with Crippen molar-refractivity contribution >= 4 is 6.29 Å². The Morgan fingerprint density at radius 3 is 2.50 bits per heavy atom. The molecule has 0 saturated heterocycles. The number of ether oxygens (including phenoxy) is 1. The molecule has 4 nitrogen and oxygen atoms in total. The maximum atomic E-state index is 10.6. The van der Waals surface area contributed by atoms with E-state index in [2.05, 4.69) is 0 Å². The van der Waals surface area contributed by atoms with E-state index >= 15 is 0 Å². The van der Waals surface area contributed by atoms with Crippen LogP contribution >= 0.6 is 0 Å². The summed E-state index contributed by atoms with van der Waals surface area (Å²) in [6, 6.07) is 1.44. The first kappa shape index (κ1) is 10.4. The number of carbonyl (C=O) groups excluding carboxylic acids is 1. The molecular formula is C10H12O4. The molecule has 76 valence electrons. The van der Waals surface area contributed by atoms with E-state index in [1.807, 2.05) is 6.92 Å². The summed E-state index contributed by atoms with van der Waals surface area (Å²) < 4.78 is 4.80. The SMILES string of the molecule is CCc1cc(C=O)c(O)c(OC)c1O. The number of methoxy groups -OCH3 is 1. The number of rotatable bonds is 3. The number of carbonyl (C=O) groups is 1. The Kier molecular flexibility index (Phi) is 2.96. The van der Waals surface area contributed by atoms with Crippen molar-refractivity contribution in [3.63, 3.8) is 0 Å². The first-order valence-electron chi connectivity index (χ1n) is 4.22. The molecule has 2 N–H and O–H groups in total. The summed E-state index contributed by atoms with van der Waals surface area (Å²) in [6.07, 6.45) is 1.08. The van der Waals surface area contributed by atoms with Gasteiger partial charge in [-0.05, 0) is 18.1 Å². The fourth-order valence-corrected chi connectivity index (χ4v) is 1.27. The first-order chi connectivity index (χ1) is 6.65. The van der Waals surface area contributed by atoms with Crippen molar-refractivity contribution in [2.75, 3.05) is 7.11 Å². The summed E-state index contributed by atoms with van der Waals surface area (Å²) >= 11 is 0. The minimum absolute atomic E-state index is 0.0496. The van der Waals surface area contributed by atoms with Gasteiger partial charge < -0.3 is 14.9 Å². The molecule has 1 aromatic carbocycles. The van der Waals surface area contributed by atoms with Crippen LogP contribution in [0.2, 0.25) is 0 Å². The van der Waals surface area contributed by atoms with Crippen LogP contribution in [0.25, 0.3) is 0 Å². The standard InChI is InChI=1S/C10H12O4/c1-3-6-4-7(5-11)9(13)10(14-2)8(6)12/h4-5,12-13H,3H2,1-2H3. The highest BCUT2D eigenvalue weighted by molar-refractivity contribution is 5.83. The van der Waals surface area contributed by atoms with Crippen molar-refractivity contribution in [2.45, 2.75) is 13.3 Å². The van der Waals surface area contributed by atoms with Crippen LogP contribution in [-0.4, -0.2) is 23.6 Å². The summed E-state index contributed by atoms with van der Waals surface area (Å²) in [4.78, 5) is 10.6. The molecule has 0 spiro atoms. The van der Waals surface area contributed by atoms with Crippen LogP contribution in [0.15, 0.2) is 6.07 Å². The Labute approximate surface area is 81.8 Å². The quantitative estimate of drug-likeness (QED) is 0.718. The molecular weight excluding hydrogens is 184 g/mol. The lowest BCUT2D eigenvalue weighted by atomic mass is 10.1. The van der Waals surface area contributed by atoms with E-state index in [0.29, 0.717) is 18.3 Å². The lowest BCUT2D eigenvalue weighted by Gasteiger charge is -2.10. The second-order valence-electron chi connectivity index (χ2n) is 2.83. The predicted molar refractivity (Wildman–Crippen MR) is 51.1 cm³/mol. The molecule has 0 aromatic heterocycles. The van der Waals surface area contributed by atoms with Crippen LogP contribution in [0, 0.1) is 0 Å². The summed E-state index contributed by atoms with van der Waals surface area (Å²) in [5.74, 6) is -0.484. The third-order valence-electron chi connectivity index (χ3n) is 2.05. The average molecular weight is 196 g/mol. The molecule has 1 rings (SSSR count). The van der Waals surface area contributed by atoms with E-state index < -0.39 is 0 Å². The van der Waals surface area contributed by atoms with E-state index in [-0.39, 0.29) is 22.8 Å². The zero-order valence-electron chi connectivity index (χ0n) is 8.07. The minimum atomic E-state index is -0.322. The van der Waals surface area contributed by atoms with Gasteiger partial charge in [-0.15, -0.1) is 0 Å². The number of phenolic OH excluding ortho intramolecular Hbond substituents is 2. The van der Waals surface area contributed by atoms with Crippen molar-refractivity contribution < 1.29 is 19.7 Å². The predicted octanol–water partition coefficient (Wildman–Crippen LogP) is 1.48. The van der Waals surface area contributed by atoms with Gasteiger partial charge in [-0.2, -0.15) is 0 Å². The van der Waals surface area contributed by atoms with E-state index in [0.717, 1.165) is 0 Å². The Morgan fingerprint density at radius 1 is 1.43 bits per heavy atom. The molecule has 0 aliphatic carbocycles. The van der Waals surface area contributed by atoms with Gasteiger partial charge in [0.1, 0.15) is 0 Å². The van der Waals surface area contributed by atoms with E-state index in [1.54, 1.807) is 0 Å². The topological polar surface area (TPSA) is 66.8 Å². The molecule has 0 radical (unpaired) electrons. The number of hydrogen-bond acceptors (Lipinski definition) is 4. The first-order valence-corrected chi connectivity index (χ1v) is 4.22. The van der Waals surface area contributed by atoms with E-state index in [1.165, 1.54) is 13.2 Å². The smallest absolute Gasteiger partial charge is 0.203 e. The van der Waals surface area contributed by atoms with Crippen molar-refractivity contribution in [1.82, 2.24) is 0 Å². The van der Waals surface area contributed by atoms with Gasteiger partial charge in [-0.1, -0.05) is 6.92 Å². The fraction of sp³-hybridized carbons (Fsp3) is 0.300. The fourth-order valence-electron chi connectivity index (χ4n) is 1.27. The number of aryl methyl sites for hydroxylation is 1. The van der Waals surface area contributed by atoms with Crippen LogP contribution in [0.5, 0.6) is 17.2 Å². The molecule has 14 heavy (non-hydrogen) atoms. The van der Waals surface area contributed by atoms with Gasteiger partial charge in [0.05, 0.1) is 12.7 Å². The summed E-state index contributed by atoms with van der Waals surface area (Å²) in [7, 11) is 1.32. The molecule has 0 atom stereocenters.